The van der Waals surface area contributed by atoms with Crippen LogP contribution in [0.1, 0.15) is 71.6 Å². The molecular weight excluding hydrogens is 344 g/mol. The molecule has 26 heavy (non-hydrogen) atoms. The number of benzene rings is 1. The number of carbonyl (C=O) groups excluding carboxylic acids is 1. The summed E-state index contributed by atoms with van der Waals surface area (Å²) in [5.74, 6) is 0.237. The first-order valence-electron chi connectivity index (χ1n) is 9.08. The molecule has 0 bridgehead atoms. The summed E-state index contributed by atoms with van der Waals surface area (Å²) in [7, 11) is 0. The number of amides is 1. The number of phenols is 1. The predicted octanol–water partition coefficient (Wildman–Crippen LogP) is 4.45. The van der Waals surface area contributed by atoms with Gasteiger partial charge in [0, 0.05) is 17.7 Å². The van der Waals surface area contributed by atoms with Gasteiger partial charge in [0.05, 0.1) is 0 Å². The highest BCUT2D eigenvalue weighted by atomic mass is 32.1. The first kappa shape index (κ1) is 20.4. The number of hydrogen-bond donors (Lipinski definition) is 2. The molecule has 1 aromatic carbocycles. The van der Waals surface area contributed by atoms with Gasteiger partial charge in [-0.15, -0.1) is 0 Å². The van der Waals surface area contributed by atoms with Gasteiger partial charge < -0.3 is 10.4 Å². The van der Waals surface area contributed by atoms with Crippen LogP contribution >= 0.6 is 12.2 Å². The van der Waals surface area contributed by atoms with E-state index in [1.165, 1.54) is 0 Å². The molecule has 4 nitrogen and oxygen atoms in total. The van der Waals surface area contributed by atoms with Crippen molar-refractivity contribution in [2.75, 3.05) is 6.54 Å². The molecule has 1 amide bonds. The first-order chi connectivity index (χ1) is 11.9. The molecule has 1 saturated heterocycles. The summed E-state index contributed by atoms with van der Waals surface area (Å²) in [6.07, 6.45) is 2.68. The Kier molecular flexibility index (Phi) is 5.52. The highest BCUT2D eigenvalue weighted by Crippen LogP contribution is 2.40. The van der Waals surface area contributed by atoms with Crippen molar-refractivity contribution in [3.8, 4) is 5.75 Å². The maximum atomic E-state index is 12.6. The van der Waals surface area contributed by atoms with Crippen molar-refractivity contribution in [3.05, 3.63) is 34.5 Å². The van der Waals surface area contributed by atoms with E-state index in [-0.39, 0.29) is 16.7 Å². The van der Waals surface area contributed by atoms with Gasteiger partial charge in [0.15, 0.2) is 5.11 Å². The number of aromatic hydroxyl groups is 1. The maximum absolute atomic E-state index is 12.6. The summed E-state index contributed by atoms with van der Waals surface area (Å²) in [5.41, 5.74) is 2.68. The molecule has 1 aliphatic rings. The summed E-state index contributed by atoms with van der Waals surface area (Å²) >= 11 is 5.28. The van der Waals surface area contributed by atoms with Gasteiger partial charge >= 0.3 is 0 Å². The van der Waals surface area contributed by atoms with E-state index in [2.05, 4.69) is 46.9 Å². The molecule has 0 saturated carbocycles. The SMILES string of the molecule is CCCN1C(=O)/C(=C/c2cc(C(C)(C)C)c(O)c(C(C)(C)C)c2)NC1=S. The summed E-state index contributed by atoms with van der Waals surface area (Å²) in [4.78, 5) is 14.2. The minimum Gasteiger partial charge on any atom is -0.507 e. The normalized spacial score (nSPS) is 17.2. The predicted molar refractivity (Wildman–Crippen MR) is 111 cm³/mol. The minimum absolute atomic E-state index is 0.0976. The van der Waals surface area contributed by atoms with Crippen LogP contribution in [0.25, 0.3) is 6.08 Å². The zero-order valence-electron chi connectivity index (χ0n) is 16.9. The van der Waals surface area contributed by atoms with E-state index in [4.69, 9.17) is 12.2 Å². The van der Waals surface area contributed by atoms with E-state index in [0.29, 0.717) is 23.1 Å². The van der Waals surface area contributed by atoms with Gasteiger partial charge in [-0.3, -0.25) is 9.69 Å². The van der Waals surface area contributed by atoms with Crippen LogP contribution in [0.4, 0.5) is 0 Å². The number of nitrogens with zero attached hydrogens (tertiary/aromatic N) is 1. The summed E-state index contributed by atoms with van der Waals surface area (Å²) in [6.45, 7) is 15.1. The lowest BCUT2D eigenvalue weighted by atomic mass is 9.78. The van der Waals surface area contributed by atoms with Crippen molar-refractivity contribution in [2.24, 2.45) is 0 Å². The number of carbonyl (C=O) groups is 1. The molecule has 1 aromatic rings. The second kappa shape index (κ2) is 7.03. The number of rotatable bonds is 3. The fraction of sp³-hybridized carbons (Fsp3) is 0.524. The van der Waals surface area contributed by atoms with E-state index in [9.17, 15) is 9.90 Å². The quantitative estimate of drug-likeness (QED) is 0.606. The van der Waals surface area contributed by atoms with Crippen molar-refractivity contribution >= 4 is 29.3 Å². The monoisotopic (exact) mass is 374 g/mol. The van der Waals surface area contributed by atoms with E-state index < -0.39 is 0 Å². The Hall–Kier alpha value is -1.88. The van der Waals surface area contributed by atoms with Crippen LogP contribution in [0.5, 0.6) is 5.75 Å². The fourth-order valence-corrected chi connectivity index (χ4v) is 3.33. The van der Waals surface area contributed by atoms with Crippen molar-refractivity contribution in [1.82, 2.24) is 10.2 Å². The summed E-state index contributed by atoms with van der Waals surface area (Å²) in [5, 5.41) is 14.3. The van der Waals surface area contributed by atoms with Gasteiger partial charge in [0.2, 0.25) is 0 Å². The molecule has 1 aliphatic heterocycles. The van der Waals surface area contributed by atoms with E-state index >= 15 is 0 Å². The van der Waals surface area contributed by atoms with Gasteiger partial charge in [-0.2, -0.15) is 0 Å². The zero-order chi connectivity index (χ0) is 19.9. The third kappa shape index (κ3) is 4.09. The number of phenolic OH excluding ortho intramolecular Hbond substituents is 1. The largest absolute Gasteiger partial charge is 0.507 e. The highest BCUT2D eigenvalue weighted by Gasteiger charge is 2.31. The van der Waals surface area contributed by atoms with Crippen LogP contribution in [0, 0.1) is 0 Å². The second-order valence-electron chi connectivity index (χ2n) is 8.91. The van der Waals surface area contributed by atoms with Crippen LogP contribution in [-0.2, 0) is 15.6 Å². The Morgan fingerprint density at radius 2 is 1.62 bits per heavy atom. The number of nitrogens with one attached hydrogen (secondary N) is 1. The summed E-state index contributed by atoms with van der Waals surface area (Å²) < 4.78 is 0. The molecule has 0 aromatic heterocycles. The van der Waals surface area contributed by atoms with Crippen molar-refractivity contribution in [2.45, 2.75) is 65.7 Å². The highest BCUT2D eigenvalue weighted by molar-refractivity contribution is 7.80. The Morgan fingerprint density at radius 3 is 2.04 bits per heavy atom. The molecule has 0 atom stereocenters. The third-order valence-electron chi connectivity index (χ3n) is 4.47. The molecule has 2 rings (SSSR count). The van der Waals surface area contributed by atoms with Gasteiger partial charge in [-0.25, -0.2) is 0 Å². The molecule has 1 fully saturated rings. The zero-order valence-corrected chi connectivity index (χ0v) is 17.7. The Bertz CT molecular complexity index is 732. The van der Waals surface area contributed by atoms with Crippen LogP contribution < -0.4 is 5.32 Å². The van der Waals surface area contributed by atoms with Crippen molar-refractivity contribution < 1.29 is 9.90 Å². The van der Waals surface area contributed by atoms with Crippen molar-refractivity contribution in [3.63, 3.8) is 0 Å². The van der Waals surface area contributed by atoms with E-state index in [0.717, 1.165) is 23.1 Å². The molecule has 0 spiro atoms. The lowest BCUT2D eigenvalue weighted by Gasteiger charge is -2.28. The maximum Gasteiger partial charge on any atom is 0.276 e. The Balaban J connectivity index is 2.57. The molecule has 5 heteroatoms. The first-order valence-corrected chi connectivity index (χ1v) is 9.49. The summed E-state index contributed by atoms with van der Waals surface area (Å²) in [6, 6.07) is 3.91. The van der Waals surface area contributed by atoms with E-state index in [1.54, 1.807) is 4.90 Å². The lowest BCUT2D eigenvalue weighted by molar-refractivity contribution is -0.122. The number of hydrogen-bond acceptors (Lipinski definition) is 3. The molecule has 1 heterocycles. The topological polar surface area (TPSA) is 52.6 Å². The smallest absolute Gasteiger partial charge is 0.276 e. The number of thiocarbonyl (C=S) groups is 1. The van der Waals surface area contributed by atoms with Gasteiger partial charge in [-0.05, 0) is 53.2 Å². The van der Waals surface area contributed by atoms with E-state index in [1.807, 2.05) is 25.1 Å². The lowest BCUT2D eigenvalue weighted by Crippen LogP contribution is -2.31. The molecule has 0 aliphatic carbocycles. The van der Waals surface area contributed by atoms with Crippen LogP contribution in [-0.4, -0.2) is 27.6 Å². The minimum atomic E-state index is -0.213. The molecular formula is C21H30N2O2S. The molecule has 2 N–H and O–H groups in total. The van der Waals surface area contributed by atoms with Crippen LogP contribution in [0.3, 0.4) is 0 Å². The Labute approximate surface area is 162 Å². The van der Waals surface area contributed by atoms with Crippen LogP contribution in [0.2, 0.25) is 0 Å². The fourth-order valence-electron chi connectivity index (χ4n) is 3.05. The van der Waals surface area contributed by atoms with Gasteiger partial charge in [-0.1, -0.05) is 48.5 Å². The molecule has 0 radical (unpaired) electrons. The van der Waals surface area contributed by atoms with Crippen LogP contribution in [0.15, 0.2) is 17.8 Å². The average molecular weight is 375 g/mol. The van der Waals surface area contributed by atoms with Gasteiger partial charge in [0.1, 0.15) is 11.4 Å². The Morgan fingerprint density at radius 1 is 1.12 bits per heavy atom. The second-order valence-corrected chi connectivity index (χ2v) is 9.30. The molecule has 0 unspecified atom stereocenters. The average Bonchev–Trinajstić information content (AvgIpc) is 2.74. The van der Waals surface area contributed by atoms with Crippen molar-refractivity contribution in [1.29, 1.82) is 0 Å². The standard InChI is InChI=1S/C21H30N2O2S/c1-8-9-23-18(25)16(22-19(23)26)12-13-10-14(20(2,3)4)17(24)15(11-13)21(5,6)7/h10-12,24H,8-9H2,1-7H3,(H,22,26)/b16-12-. The van der Waals surface area contributed by atoms with Gasteiger partial charge in [0.25, 0.3) is 5.91 Å². The molecule has 142 valence electrons. The third-order valence-corrected chi connectivity index (χ3v) is 4.79.